The molecule has 200 valence electrons. The molecule has 0 radical (unpaired) electrons. The number of hydrogen-bond donors (Lipinski definition) is 2. The highest BCUT2D eigenvalue weighted by Gasteiger charge is 2.28. The van der Waals surface area contributed by atoms with Gasteiger partial charge in [-0.05, 0) is 18.2 Å². The number of halogens is 3. The Morgan fingerprint density at radius 3 is 2.59 bits per heavy atom. The molecule has 3 aliphatic rings. The molecule has 3 aromatic rings. The molecule has 1 amide bonds. The normalized spacial score (nSPS) is 18.6. The number of morpholine rings is 1. The van der Waals surface area contributed by atoms with Crippen LogP contribution >= 0.6 is 0 Å². The van der Waals surface area contributed by atoms with E-state index >= 15 is 0 Å². The number of H-pyrrole nitrogens is 1. The van der Waals surface area contributed by atoms with E-state index in [9.17, 15) is 27.6 Å². The lowest BCUT2D eigenvalue weighted by atomic mass is 10.0. The van der Waals surface area contributed by atoms with Crippen LogP contribution in [-0.2, 0) is 16.1 Å². The summed E-state index contributed by atoms with van der Waals surface area (Å²) in [5, 5.41) is 3.48. The van der Waals surface area contributed by atoms with Gasteiger partial charge in [-0.25, -0.2) is 13.2 Å². The van der Waals surface area contributed by atoms with Crippen LogP contribution in [0.2, 0.25) is 0 Å². The van der Waals surface area contributed by atoms with Crippen LogP contribution in [0.1, 0.15) is 15.9 Å². The lowest BCUT2D eigenvalue weighted by Crippen LogP contribution is -2.42. The maximum absolute atomic E-state index is 14.2. The summed E-state index contributed by atoms with van der Waals surface area (Å²) in [5.74, 6) is -4.86. The Morgan fingerprint density at radius 2 is 1.85 bits per heavy atom. The molecule has 1 fully saturated rings. The van der Waals surface area contributed by atoms with Crippen LogP contribution in [0, 0.1) is 17.5 Å². The molecule has 1 saturated heterocycles. The number of carbonyl (C=O) groups excluding carboxylic acids is 2. The van der Waals surface area contributed by atoms with Gasteiger partial charge >= 0.3 is 0 Å². The number of benzene rings is 1. The third-order valence-electron chi connectivity index (χ3n) is 6.90. The van der Waals surface area contributed by atoms with Crippen molar-refractivity contribution in [2.75, 3.05) is 26.3 Å². The number of amides is 1. The lowest BCUT2D eigenvalue weighted by Gasteiger charge is -2.29. The molecule has 9 nitrogen and oxygen atoms in total. The molecule has 39 heavy (non-hydrogen) atoms. The second kappa shape index (κ2) is 9.62. The maximum atomic E-state index is 14.2. The highest BCUT2D eigenvalue weighted by molar-refractivity contribution is 6.16. The van der Waals surface area contributed by atoms with Crippen molar-refractivity contribution in [1.29, 1.82) is 0 Å². The molecule has 12 heteroatoms. The molecule has 0 spiro atoms. The van der Waals surface area contributed by atoms with E-state index in [4.69, 9.17) is 4.74 Å². The number of aromatic amines is 1. The number of pyridine rings is 1. The van der Waals surface area contributed by atoms with Gasteiger partial charge in [-0.2, -0.15) is 0 Å². The highest BCUT2D eigenvalue weighted by atomic mass is 19.1. The Bertz CT molecular complexity index is 1640. The van der Waals surface area contributed by atoms with Gasteiger partial charge in [0.2, 0.25) is 5.78 Å². The van der Waals surface area contributed by atoms with E-state index in [1.54, 1.807) is 17.2 Å². The van der Waals surface area contributed by atoms with Crippen LogP contribution < -0.4 is 10.9 Å². The Labute approximate surface area is 219 Å². The smallest absolute Gasteiger partial charge is 0.275 e. The minimum atomic E-state index is -1.33. The number of aromatic nitrogens is 2. The molecule has 3 aliphatic heterocycles. The summed E-state index contributed by atoms with van der Waals surface area (Å²) in [4.78, 5) is 45.2. The summed E-state index contributed by atoms with van der Waals surface area (Å²) in [6.45, 7) is 2.27. The molecular formula is C27H22F3N5O4. The van der Waals surface area contributed by atoms with Crippen molar-refractivity contribution >= 4 is 22.6 Å². The largest absolute Gasteiger partial charge is 0.378 e. The predicted octanol–water partition coefficient (Wildman–Crippen LogP) is 2.36. The number of allylic oxidation sites excluding steroid dienone is 1. The molecule has 6 rings (SSSR count). The van der Waals surface area contributed by atoms with Crippen molar-refractivity contribution in [1.82, 2.24) is 24.7 Å². The van der Waals surface area contributed by atoms with Crippen molar-refractivity contribution in [3.05, 3.63) is 105 Å². The number of ether oxygens (including phenoxy) is 1. The Hall–Kier alpha value is -4.58. The fourth-order valence-electron chi connectivity index (χ4n) is 4.95. The van der Waals surface area contributed by atoms with Gasteiger partial charge in [0.25, 0.3) is 11.5 Å². The molecule has 0 bridgehead atoms. The van der Waals surface area contributed by atoms with Crippen molar-refractivity contribution in [2.45, 2.75) is 12.7 Å². The van der Waals surface area contributed by atoms with Crippen LogP contribution in [0.3, 0.4) is 0 Å². The van der Waals surface area contributed by atoms with Crippen molar-refractivity contribution in [3.8, 4) is 0 Å². The van der Waals surface area contributed by atoms with Gasteiger partial charge in [0, 0.05) is 72.2 Å². The molecule has 0 aliphatic carbocycles. The van der Waals surface area contributed by atoms with Crippen LogP contribution in [0.15, 0.2) is 71.2 Å². The number of nitrogens with zero attached hydrogens (tertiary/aromatic N) is 3. The zero-order chi connectivity index (χ0) is 27.3. The first-order valence-corrected chi connectivity index (χ1v) is 12.2. The van der Waals surface area contributed by atoms with Gasteiger partial charge in [0.15, 0.2) is 0 Å². The van der Waals surface area contributed by atoms with Crippen LogP contribution in [0.5, 0.6) is 0 Å². The minimum Gasteiger partial charge on any atom is -0.378 e. The van der Waals surface area contributed by atoms with Crippen molar-refractivity contribution in [3.63, 3.8) is 0 Å². The van der Waals surface area contributed by atoms with Gasteiger partial charge in [-0.1, -0.05) is 0 Å². The number of fused-ring (bicyclic) bond motifs is 2. The molecule has 2 N–H and O–H groups in total. The van der Waals surface area contributed by atoms with Gasteiger partial charge in [0.05, 0.1) is 25.3 Å². The second-order valence-electron chi connectivity index (χ2n) is 9.35. The van der Waals surface area contributed by atoms with E-state index in [2.05, 4.69) is 10.3 Å². The Morgan fingerprint density at radius 1 is 1.10 bits per heavy atom. The number of hydrogen-bond acceptors (Lipinski definition) is 6. The molecule has 1 unspecified atom stereocenters. The SMILES string of the molecule is O=C(c1c(F)cc(F)cc1F)c1c[nH]c2c(=O)n(CC3=CN4C=CC(C(=O)N5CCOCC5)=CC4N3)ccc12. The van der Waals surface area contributed by atoms with E-state index in [1.165, 1.54) is 23.0 Å². The predicted molar refractivity (Wildman–Crippen MR) is 134 cm³/mol. The van der Waals surface area contributed by atoms with E-state index < -0.39 is 34.4 Å². The fraction of sp³-hybridized carbons (Fsp3) is 0.222. The first kappa shape index (κ1) is 24.7. The third-order valence-corrected chi connectivity index (χ3v) is 6.90. The first-order chi connectivity index (χ1) is 18.8. The van der Waals surface area contributed by atoms with Crippen molar-refractivity contribution in [2.24, 2.45) is 0 Å². The second-order valence-corrected chi connectivity index (χ2v) is 9.35. The summed E-state index contributed by atoms with van der Waals surface area (Å²) in [6.07, 6.45) is 9.58. The van der Waals surface area contributed by atoms with Crippen molar-refractivity contribution < 1.29 is 27.5 Å². The van der Waals surface area contributed by atoms with Crippen LogP contribution in [0.25, 0.3) is 10.9 Å². The summed E-state index contributed by atoms with van der Waals surface area (Å²) in [7, 11) is 0. The topological polar surface area (TPSA) is 99.7 Å². The maximum Gasteiger partial charge on any atom is 0.275 e. The molecule has 1 atom stereocenters. The molecule has 2 aromatic heterocycles. The standard InChI is InChI=1S/C27H22F3N5O4/c28-16-10-20(29)23(21(30)11-16)25(36)19-12-31-24-18(19)2-4-35(27(24)38)14-17-13-34-3-1-15(9-22(34)32-17)26(37)33-5-7-39-8-6-33/h1-4,9-13,22,31-32H,5-8,14H2. The van der Waals surface area contributed by atoms with E-state index in [-0.39, 0.29) is 35.1 Å². The molecular weight excluding hydrogens is 515 g/mol. The Kier molecular flexibility index (Phi) is 6.10. The zero-order valence-corrected chi connectivity index (χ0v) is 20.4. The van der Waals surface area contributed by atoms with Crippen LogP contribution in [0.4, 0.5) is 13.2 Å². The summed E-state index contributed by atoms with van der Waals surface area (Å²) in [6, 6.07) is 2.36. The fourth-order valence-corrected chi connectivity index (χ4v) is 4.95. The summed E-state index contributed by atoms with van der Waals surface area (Å²) < 4.78 is 48.4. The number of nitrogens with one attached hydrogen (secondary N) is 2. The Balaban J connectivity index is 1.21. The third kappa shape index (κ3) is 4.42. The molecule has 5 heterocycles. The number of carbonyl (C=O) groups is 2. The summed E-state index contributed by atoms with van der Waals surface area (Å²) in [5.41, 5.74) is -0.100. The molecule has 0 saturated carbocycles. The van der Waals surface area contributed by atoms with E-state index in [0.29, 0.717) is 49.7 Å². The number of ketones is 1. The van der Waals surface area contributed by atoms with Crippen LogP contribution in [-0.4, -0.2) is 63.5 Å². The monoisotopic (exact) mass is 537 g/mol. The number of rotatable bonds is 5. The molecule has 1 aromatic carbocycles. The zero-order valence-electron chi connectivity index (χ0n) is 20.4. The lowest BCUT2D eigenvalue weighted by molar-refractivity contribution is -0.130. The van der Waals surface area contributed by atoms with Gasteiger partial charge in [0.1, 0.15) is 29.1 Å². The van der Waals surface area contributed by atoms with E-state index in [0.717, 1.165) is 0 Å². The quantitative estimate of drug-likeness (QED) is 0.485. The average Bonchev–Trinajstić information content (AvgIpc) is 3.53. The average molecular weight is 537 g/mol. The minimum absolute atomic E-state index is 0.0661. The van der Waals surface area contributed by atoms with Gasteiger partial charge in [-0.3, -0.25) is 14.4 Å². The van der Waals surface area contributed by atoms with Gasteiger partial charge < -0.3 is 29.4 Å². The van der Waals surface area contributed by atoms with Gasteiger partial charge in [-0.15, -0.1) is 0 Å². The highest BCUT2D eigenvalue weighted by Crippen LogP contribution is 2.25. The van der Waals surface area contributed by atoms with E-state index in [1.807, 2.05) is 17.2 Å². The summed E-state index contributed by atoms with van der Waals surface area (Å²) >= 11 is 0. The first-order valence-electron chi connectivity index (χ1n) is 12.2.